The quantitative estimate of drug-likeness (QED) is 0.836. The van der Waals surface area contributed by atoms with Crippen molar-refractivity contribution in [2.24, 2.45) is 0 Å². The van der Waals surface area contributed by atoms with Crippen LogP contribution >= 0.6 is 11.6 Å². The number of nitrogens with zero attached hydrogens (tertiary/aromatic N) is 1. The van der Waals surface area contributed by atoms with E-state index in [0.717, 1.165) is 12.8 Å². The minimum atomic E-state index is -0.267. The van der Waals surface area contributed by atoms with Crippen LogP contribution in [0.2, 0.25) is 5.22 Å². The smallest absolute Gasteiger partial charge is 0.259 e. The van der Waals surface area contributed by atoms with Crippen LogP contribution in [-0.2, 0) is 0 Å². The van der Waals surface area contributed by atoms with Crippen molar-refractivity contribution < 1.29 is 14.3 Å². The van der Waals surface area contributed by atoms with E-state index in [1.165, 1.54) is 6.26 Å². The SMILES string of the molecule is O=C(c1ccoc1Cl)N1C2CCC1CC(O)C2. The molecule has 5 heteroatoms. The number of amides is 1. The summed E-state index contributed by atoms with van der Waals surface area (Å²) in [5.41, 5.74) is 0.431. The zero-order valence-electron chi connectivity index (χ0n) is 9.30. The summed E-state index contributed by atoms with van der Waals surface area (Å²) < 4.78 is 4.96. The topological polar surface area (TPSA) is 53.7 Å². The van der Waals surface area contributed by atoms with Crippen LogP contribution in [0, 0.1) is 0 Å². The van der Waals surface area contributed by atoms with Gasteiger partial charge in [-0.3, -0.25) is 4.79 Å². The lowest BCUT2D eigenvalue weighted by molar-refractivity contribution is 0.0286. The molecule has 2 unspecified atom stereocenters. The third kappa shape index (κ3) is 1.76. The van der Waals surface area contributed by atoms with Gasteiger partial charge in [-0.05, 0) is 43.4 Å². The summed E-state index contributed by atoms with van der Waals surface area (Å²) in [5, 5.41) is 9.85. The van der Waals surface area contributed by atoms with Crippen molar-refractivity contribution >= 4 is 17.5 Å². The third-order valence-electron chi connectivity index (χ3n) is 3.79. The van der Waals surface area contributed by atoms with Crippen molar-refractivity contribution in [3.8, 4) is 0 Å². The van der Waals surface area contributed by atoms with Crippen LogP contribution in [0.1, 0.15) is 36.0 Å². The number of hydrogen-bond acceptors (Lipinski definition) is 3. The lowest BCUT2D eigenvalue weighted by Crippen LogP contribution is -2.47. The summed E-state index contributed by atoms with van der Waals surface area (Å²) >= 11 is 5.83. The summed E-state index contributed by atoms with van der Waals surface area (Å²) in [6.07, 6.45) is 4.47. The van der Waals surface area contributed by atoms with Gasteiger partial charge in [-0.15, -0.1) is 0 Å². The van der Waals surface area contributed by atoms with E-state index in [1.807, 2.05) is 4.90 Å². The van der Waals surface area contributed by atoms with Gasteiger partial charge >= 0.3 is 0 Å². The molecule has 92 valence electrons. The average Bonchev–Trinajstić information content (AvgIpc) is 2.81. The fourth-order valence-corrected chi connectivity index (χ4v) is 3.26. The van der Waals surface area contributed by atoms with Crippen molar-refractivity contribution in [3.63, 3.8) is 0 Å². The number of fused-ring (bicyclic) bond motifs is 2. The van der Waals surface area contributed by atoms with Crippen LogP contribution in [-0.4, -0.2) is 34.1 Å². The average molecular weight is 256 g/mol. The Bertz CT molecular complexity index is 431. The van der Waals surface area contributed by atoms with Crippen LogP contribution in [0.3, 0.4) is 0 Å². The summed E-state index contributed by atoms with van der Waals surface area (Å²) in [7, 11) is 0. The second-order valence-electron chi connectivity index (χ2n) is 4.83. The van der Waals surface area contributed by atoms with Crippen LogP contribution in [0.25, 0.3) is 0 Å². The van der Waals surface area contributed by atoms with Crippen molar-refractivity contribution in [1.82, 2.24) is 4.90 Å². The fourth-order valence-electron chi connectivity index (χ4n) is 3.07. The van der Waals surface area contributed by atoms with Gasteiger partial charge < -0.3 is 14.4 Å². The fraction of sp³-hybridized carbons (Fsp3) is 0.583. The molecule has 0 aromatic carbocycles. The van der Waals surface area contributed by atoms with E-state index in [2.05, 4.69) is 0 Å². The first kappa shape index (κ1) is 11.1. The maximum atomic E-state index is 12.3. The van der Waals surface area contributed by atoms with Crippen molar-refractivity contribution in [1.29, 1.82) is 0 Å². The highest BCUT2D eigenvalue weighted by atomic mass is 35.5. The Kier molecular flexibility index (Phi) is 2.64. The molecule has 3 heterocycles. The van der Waals surface area contributed by atoms with Gasteiger partial charge in [-0.2, -0.15) is 0 Å². The molecule has 1 aromatic heterocycles. The van der Waals surface area contributed by atoms with Gasteiger partial charge in [0.1, 0.15) is 0 Å². The van der Waals surface area contributed by atoms with Crippen LogP contribution in [0.15, 0.2) is 16.7 Å². The Labute approximate surface area is 104 Å². The van der Waals surface area contributed by atoms with Gasteiger partial charge in [0.25, 0.3) is 5.91 Å². The Hall–Kier alpha value is -1.00. The van der Waals surface area contributed by atoms with Gasteiger partial charge in [-0.25, -0.2) is 0 Å². The zero-order valence-corrected chi connectivity index (χ0v) is 10.1. The molecule has 2 fully saturated rings. The van der Waals surface area contributed by atoms with Gasteiger partial charge in [-0.1, -0.05) is 0 Å². The molecular formula is C12H14ClNO3. The summed E-state index contributed by atoms with van der Waals surface area (Å²) in [6, 6.07) is 1.92. The maximum Gasteiger partial charge on any atom is 0.259 e. The number of carbonyl (C=O) groups is 1. The molecule has 1 aromatic rings. The number of piperidine rings is 1. The molecule has 1 N–H and O–H groups in total. The molecule has 0 aliphatic carbocycles. The predicted octanol–water partition coefficient (Wildman–Crippen LogP) is 2.06. The van der Waals surface area contributed by atoms with Crippen LogP contribution in [0.5, 0.6) is 0 Å². The molecule has 0 saturated carbocycles. The molecule has 2 aliphatic rings. The molecular weight excluding hydrogens is 242 g/mol. The first-order valence-corrected chi connectivity index (χ1v) is 6.28. The number of carbonyl (C=O) groups excluding carboxylic acids is 1. The minimum Gasteiger partial charge on any atom is -0.452 e. The molecule has 2 atom stereocenters. The number of aliphatic hydroxyl groups is 1. The van der Waals surface area contributed by atoms with E-state index >= 15 is 0 Å². The Morgan fingerprint density at radius 3 is 2.59 bits per heavy atom. The highest BCUT2D eigenvalue weighted by Gasteiger charge is 2.43. The predicted molar refractivity (Wildman–Crippen MR) is 61.9 cm³/mol. The van der Waals surface area contributed by atoms with Crippen LogP contribution < -0.4 is 0 Å². The van der Waals surface area contributed by atoms with Crippen molar-refractivity contribution in [3.05, 3.63) is 23.1 Å². The summed E-state index contributed by atoms with van der Waals surface area (Å²) in [6.45, 7) is 0. The largest absolute Gasteiger partial charge is 0.452 e. The second-order valence-corrected chi connectivity index (χ2v) is 5.17. The third-order valence-corrected chi connectivity index (χ3v) is 4.08. The van der Waals surface area contributed by atoms with Gasteiger partial charge in [0.05, 0.1) is 17.9 Å². The molecule has 0 spiro atoms. The highest BCUT2D eigenvalue weighted by molar-refractivity contribution is 6.32. The van der Waals surface area contributed by atoms with E-state index in [4.69, 9.17) is 16.0 Å². The molecule has 2 saturated heterocycles. The van der Waals surface area contributed by atoms with Gasteiger partial charge in [0, 0.05) is 12.1 Å². The lowest BCUT2D eigenvalue weighted by atomic mass is 9.99. The van der Waals surface area contributed by atoms with E-state index in [1.54, 1.807) is 6.07 Å². The number of hydrogen-bond donors (Lipinski definition) is 1. The van der Waals surface area contributed by atoms with Gasteiger partial charge in [0.15, 0.2) is 0 Å². The van der Waals surface area contributed by atoms with E-state index in [9.17, 15) is 9.90 Å². The summed E-state index contributed by atoms with van der Waals surface area (Å²) in [4.78, 5) is 14.2. The molecule has 4 nitrogen and oxygen atoms in total. The first-order chi connectivity index (χ1) is 8.16. The van der Waals surface area contributed by atoms with Crippen molar-refractivity contribution in [2.75, 3.05) is 0 Å². The summed E-state index contributed by atoms with van der Waals surface area (Å²) in [5.74, 6) is -0.0665. The minimum absolute atomic E-state index is 0.0665. The van der Waals surface area contributed by atoms with Crippen LogP contribution in [0.4, 0.5) is 0 Å². The highest BCUT2D eigenvalue weighted by Crippen LogP contribution is 2.37. The number of aliphatic hydroxyl groups excluding tert-OH is 1. The molecule has 1 amide bonds. The Morgan fingerprint density at radius 1 is 1.41 bits per heavy atom. The molecule has 17 heavy (non-hydrogen) atoms. The standard InChI is InChI=1S/C12H14ClNO3/c13-11-10(3-4-17-11)12(16)14-7-1-2-8(14)6-9(15)5-7/h3-4,7-9,15H,1-2,5-6H2. The molecule has 0 radical (unpaired) electrons. The van der Waals surface area contributed by atoms with E-state index < -0.39 is 0 Å². The first-order valence-electron chi connectivity index (χ1n) is 5.90. The van der Waals surface area contributed by atoms with Crippen molar-refractivity contribution in [2.45, 2.75) is 43.9 Å². The molecule has 3 rings (SSSR count). The number of furan rings is 1. The lowest BCUT2D eigenvalue weighted by Gasteiger charge is -2.37. The number of rotatable bonds is 1. The van der Waals surface area contributed by atoms with Gasteiger partial charge in [0.2, 0.25) is 5.22 Å². The Balaban J connectivity index is 1.86. The van der Waals surface area contributed by atoms with E-state index in [-0.39, 0.29) is 29.3 Å². The Morgan fingerprint density at radius 2 is 2.06 bits per heavy atom. The second kappa shape index (κ2) is 4.03. The monoisotopic (exact) mass is 255 g/mol. The normalized spacial score (nSPS) is 31.9. The number of halogens is 1. The molecule has 2 aliphatic heterocycles. The zero-order chi connectivity index (χ0) is 12.0. The maximum absolute atomic E-state index is 12.3. The molecule has 2 bridgehead atoms. The van der Waals surface area contributed by atoms with E-state index in [0.29, 0.717) is 18.4 Å².